The number of rotatable bonds is 4. The van der Waals surface area contributed by atoms with Crippen LogP contribution in [-0.2, 0) is 6.54 Å². The normalized spacial score (nSPS) is 18.7. The van der Waals surface area contributed by atoms with Crippen LogP contribution in [0.1, 0.15) is 37.2 Å². The number of fused-ring (bicyclic) bond motifs is 1. The molecular weight excluding hydrogens is 376 g/mol. The fraction of sp³-hybridized carbons (Fsp3) is 0.545. The molecule has 0 unspecified atom stereocenters. The Hall–Kier alpha value is -2.74. The van der Waals surface area contributed by atoms with Crippen LogP contribution >= 0.6 is 0 Å². The summed E-state index contributed by atoms with van der Waals surface area (Å²) in [6.07, 6.45) is 6.97. The van der Waals surface area contributed by atoms with Crippen LogP contribution in [0.5, 0.6) is 0 Å². The van der Waals surface area contributed by atoms with E-state index in [1.807, 2.05) is 29.8 Å². The van der Waals surface area contributed by atoms with E-state index in [9.17, 15) is 0 Å². The van der Waals surface area contributed by atoms with Crippen molar-refractivity contribution in [2.45, 2.75) is 39.2 Å². The zero-order valence-electron chi connectivity index (χ0n) is 17.7. The summed E-state index contributed by atoms with van der Waals surface area (Å²) >= 11 is 0. The van der Waals surface area contributed by atoms with Crippen LogP contribution in [0.3, 0.4) is 0 Å². The molecule has 0 spiro atoms. The number of aryl methyl sites for hydroxylation is 1. The molecule has 8 nitrogen and oxygen atoms in total. The van der Waals surface area contributed by atoms with Gasteiger partial charge in [0.1, 0.15) is 11.6 Å². The molecule has 0 aliphatic carbocycles. The van der Waals surface area contributed by atoms with Gasteiger partial charge in [-0.25, -0.2) is 9.97 Å². The zero-order chi connectivity index (χ0) is 20.3. The highest BCUT2D eigenvalue weighted by Crippen LogP contribution is 2.21. The Labute approximate surface area is 177 Å². The molecular formula is C22H30N8. The lowest BCUT2D eigenvalue weighted by Crippen LogP contribution is -2.46. The van der Waals surface area contributed by atoms with Gasteiger partial charge in [0.25, 0.3) is 5.78 Å². The molecule has 30 heavy (non-hydrogen) atoms. The van der Waals surface area contributed by atoms with E-state index < -0.39 is 0 Å². The Morgan fingerprint density at radius 2 is 1.67 bits per heavy atom. The van der Waals surface area contributed by atoms with E-state index in [4.69, 9.17) is 10.1 Å². The highest BCUT2D eigenvalue weighted by Gasteiger charge is 2.21. The number of anilines is 2. The molecule has 0 N–H and O–H groups in total. The van der Waals surface area contributed by atoms with E-state index in [0.717, 1.165) is 74.7 Å². The third-order valence-corrected chi connectivity index (χ3v) is 6.11. The molecule has 5 rings (SSSR count). The van der Waals surface area contributed by atoms with Gasteiger partial charge in [-0.05, 0) is 31.9 Å². The first kappa shape index (κ1) is 19.2. The third-order valence-electron chi connectivity index (χ3n) is 6.11. The third kappa shape index (κ3) is 4.09. The highest BCUT2D eigenvalue weighted by molar-refractivity contribution is 5.47. The Kier molecular flexibility index (Phi) is 5.48. The standard InChI is InChI=1S/C22H30N8/c1-18-16-21(29-10-6-2-3-7-11-29)30-22(24-18)25-19(26-30)17-27-12-14-28(15-13-27)20-8-4-5-9-23-20/h4-5,8-9,16H,2-3,6-7,10-15,17H2,1H3. The van der Waals surface area contributed by atoms with Crippen LogP contribution in [0.2, 0.25) is 0 Å². The summed E-state index contributed by atoms with van der Waals surface area (Å²) in [4.78, 5) is 21.1. The van der Waals surface area contributed by atoms with E-state index in [0.29, 0.717) is 0 Å². The molecule has 0 amide bonds. The lowest BCUT2D eigenvalue weighted by molar-refractivity contribution is 0.243. The van der Waals surface area contributed by atoms with Crippen LogP contribution in [0.15, 0.2) is 30.5 Å². The van der Waals surface area contributed by atoms with E-state index in [-0.39, 0.29) is 0 Å². The second-order valence-electron chi connectivity index (χ2n) is 8.35. The SMILES string of the molecule is Cc1cc(N2CCCCCC2)n2nc(CN3CCN(c4ccccn4)CC3)nc2n1. The minimum Gasteiger partial charge on any atom is -0.356 e. The monoisotopic (exact) mass is 406 g/mol. The molecule has 8 heteroatoms. The zero-order valence-corrected chi connectivity index (χ0v) is 17.7. The summed E-state index contributed by atoms with van der Waals surface area (Å²) in [6, 6.07) is 8.25. The van der Waals surface area contributed by atoms with Crippen molar-refractivity contribution < 1.29 is 0 Å². The molecule has 0 atom stereocenters. The summed E-state index contributed by atoms with van der Waals surface area (Å²) in [5.41, 5.74) is 1.00. The van der Waals surface area contributed by atoms with Crippen LogP contribution in [0.4, 0.5) is 11.6 Å². The van der Waals surface area contributed by atoms with Crippen molar-refractivity contribution in [1.29, 1.82) is 0 Å². The van der Waals surface area contributed by atoms with E-state index in [2.05, 4.69) is 36.8 Å². The van der Waals surface area contributed by atoms with Gasteiger partial charge in [-0.3, -0.25) is 4.90 Å². The lowest BCUT2D eigenvalue weighted by atomic mass is 10.2. The largest absolute Gasteiger partial charge is 0.356 e. The average Bonchev–Trinajstić information content (AvgIpc) is 2.98. The first-order chi connectivity index (χ1) is 14.8. The average molecular weight is 407 g/mol. The predicted octanol–water partition coefficient (Wildman–Crippen LogP) is 2.53. The minimum atomic E-state index is 0.719. The van der Waals surface area contributed by atoms with Gasteiger partial charge in [0.2, 0.25) is 0 Å². The lowest BCUT2D eigenvalue weighted by Gasteiger charge is -2.34. The van der Waals surface area contributed by atoms with Crippen molar-refractivity contribution >= 4 is 17.4 Å². The second-order valence-corrected chi connectivity index (χ2v) is 8.35. The fourth-order valence-electron chi connectivity index (χ4n) is 4.48. The van der Waals surface area contributed by atoms with Gasteiger partial charge in [-0.15, -0.1) is 5.10 Å². The van der Waals surface area contributed by atoms with E-state index in [1.165, 1.54) is 25.7 Å². The Morgan fingerprint density at radius 3 is 2.40 bits per heavy atom. The summed E-state index contributed by atoms with van der Waals surface area (Å²) in [5.74, 6) is 3.77. The number of hydrogen-bond acceptors (Lipinski definition) is 7. The van der Waals surface area contributed by atoms with Gasteiger partial charge in [0.05, 0.1) is 6.54 Å². The fourth-order valence-corrected chi connectivity index (χ4v) is 4.48. The summed E-state index contributed by atoms with van der Waals surface area (Å²) in [5, 5.41) is 4.86. The molecule has 0 saturated carbocycles. The van der Waals surface area contributed by atoms with Crippen LogP contribution in [0, 0.1) is 6.92 Å². The van der Waals surface area contributed by atoms with E-state index in [1.54, 1.807) is 0 Å². The second kappa shape index (κ2) is 8.55. The molecule has 2 saturated heterocycles. The van der Waals surface area contributed by atoms with Crippen molar-refractivity contribution in [2.24, 2.45) is 0 Å². The Bertz CT molecular complexity index is 969. The highest BCUT2D eigenvalue weighted by atomic mass is 15.4. The maximum atomic E-state index is 4.86. The molecule has 2 aliphatic rings. The smallest absolute Gasteiger partial charge is 0.254 e. The van der Waals surface area contributed by atoms with Crippen LogP contribution < -0.4 is 9.80 Å². The van der Waals surface area contributed by atoms with Gasteiger partial charge >= 0.3 is 0 Å². The Morgan fingerprint density at radius 1 is 0.867 bits per heavy atom. The van der Waals surface area contributed by atoms with Crippen molar-refractivity contribution in [3.05, 3.63) is 42.0 Å². The molecule has 5 heterocycles. The number of aromatic nitrogens is 5. The van der Waals surface area contributed by atoms with Crippen LogP contribution in [-0.4, -0.2) is 68.7 Å². The maximum absolute atomic E-state index is 4.86. The van der Waals surface area contributed by atoms with Gasteiger partial charge in [0, 0.05) is 57.2 Å². The Balaban J connectivity index is 1.30. The molecule has 0 aromatic carbocycles. The first-order valence-electron chi connectivity index (χ1n) is 11.1. The van der Waals surface area contributed by atoms with Gasteiger partial charge in [-0.1, -0.05) is 18.9 Å². The molecule has 3 aromatic rings. The van der Waals surface area contributed by atoms with Crippen molar-refractivity contribution in [2.75, 3.05) is 49.1 Å². The number of hydrogen-bond donors (Lipinski definition) is 0. The minimum absolute atomic E-state index is 0.719. The molecule has 158 valence electrons. The topological polar surface area (TPSA) is 65.7 Å². The van der Waals surface area contributed by atoms with Crippen molar-refractivity contribution in [3.63, 3.8) is 0 Å². The quantitative estimate of drug-likeness (QED) is 0.660. The molecule has 2 fully saturated rings. The molecule has 3 aromatic heterocycles. The number of pyridine rings is 1. The van der Waals surface area contributed by atoms with Crippen molar-refractivity contribution in [3.8, 4) is 0 Å². The maximum Gasteiger partial charge on any atom is 0.254 e. The number of nitrogens with zero attached hydrogens (tertiary/aromatic N) is 8. The van der Waals surface area contributed by atoms with E-state index >= 15 is 0 Å². The summed E-state index contributed by atoms with van der Waals surface area (Å²) < 4.78 is 1.96. The molecule has 0 bridgehead atoms. The number of piperazine rings is 1. The molecule has 0 radical (unpaired) electrons. The summed E-state index contributed by atoms with van der Waals surface area (Å²) in [7, 11) is 0. The van der Waals surface area contributed by atoms with Gasteiger partial charge in [0.15, 0.2) is 5.82 Å². The van der Waals surface area contributed by atoms with Crippen LogP contribution in [0.25, 0.3) is 5.78 Å². The first-order valence-corrected chi connectivity index (χ1v) is 11.1. The molecule has 2 aliphatic heterocycles. The van der Waals surface area contributed by atoms with Gasteiger partial charge in [-0.2, -0.15) is 9.50 Å². The predicted molar refractivity (Wildman–Crippen MR) is 118 cm³/mol. The van der Waals surface area contributed by atoms with Gasteiger partial charge < -0.3 is 9.80 Å². The summed E-state index contributed by atoms with van der Waals surface area (Å²) in [6.45, 7) is 8.90. The van der Waals surface area contributed by atoms with Crippen molar-refractivity contribution in [1.82, 2.24) is 29.5 Å².